The quantitative estimate of drug-likeness (QED) is 0.724. The number of β-amino-alcohol motifs (C(OH)–C–C–N with tert-alkyl or cyclic N) is 1. The fourth-order valence-electron chi connectivity index (χ4n) is 1.80. The van der Waals surface area contributed by atoms with E-state index in [1.54, 1.807) is 30.0 Å². The number of halogens is 1. The summed E-state index contributed by atoms with van der Waals surface area (Å²) in [5.74, 6) is -0.191. The van der Waals surface area contributed by atoms with Crippen LogP contribution in [0.15, 0.2) is 18.2 Å². The second-order valence-corrected chi connectivity index (χ2v) is 4.74. The van der Waals surface area contributed by atoms with Gasteiger partial charge in [0.15, 0.2) is 0 Å². The molecule has 1 aliphatic rings. The number of carbonyl (C=O) groups excluding carboxylic acids is 1. The maximum absolute atomic E-state index is 12.0. The van der Waals surface area contributed by atoms with E-state index in [4.69, 9.17) is 17.3 Å². The van der Waals surface area contributed by atoms with E-state index in [0.29, 0.717) is 24.3 Å². The average molecular weight is 241 g/mol. The van der Waals surface area contributed by atoms with Gasteiger partial charge in [-0.2, -0.15) is 0 Å². The largest absolute Gasteiger partial charge is 0.398 e. The van der Waals surface area contributed by atoms with Crippen molar-refractivity contribution in [2.75, 3.05) is 18.8 Å². The number of likely N-dealkylation sites (tertiary alicyclic amines) is 1. The zero-order valence-corrected chi connectivity index (χ0v) is 9.66. The van der Waals surface area contributed by atoms with E-state index in [0.717, 1.165) is 0 Å². The molecule has 1 aromatic rings. The fourth-order valence-corrected chi connectivity index (χ4v) is 2.01. The Kier molecular flexibility index (Phi) is 2.56. The van der Waals surface area contributed by atoms with Crippen molar-refractivity contribution < 1.29 is 9.90 Å². The molecular weight excluding hydrogens is 228 g/mol. The molecule has 1 aliphatic heterocycles. The standard InChI is InChI=1S/C11H13ClN2O2/c1-11(16)5-14(6-11)10(15)7-3-2-4-8(13)9(7)12/h2-4,16H,5-6,13H2,1H3. The third-order valence-electron chi connectivity index (χ3n) is 2.61. The summed E-state index contributed by atoms with van der Waals surface area (Å²) in [5.41, 5.74) is 5.62. The topological polar surface area (TPSA) is 66.6 Å². The van der Waals surface area contributed by atoms with Gasteiger partial charge >= 0.3 is 0 Å². The van der Waals surface area contributed by atoms with Crippen LogP contribution >= 0.6 is 11.6 Å². The van der Waals surface area contributed by atoms with Crippen molar-refractivity contribution in [1.29, 1.82) is 0 Å². The third-order valence-corrected chi connectivity index (χ3v) is 3.03. The van der Waals surface area contributed by atoms with Gasteiger partial charge in [0, 0.05) is 0 Å². The molecular formula is C11H13ClN2O2. The van der Waals surface area contributed by atoms with Gasteiger partial charge < -0.3 is 15.7 Å². The van der Waals surface area contributed by atoms with Crippen LogP contribution in [0.4, 0.5) is 5.69 Å². The lowest BCUT2D eigenvalue weighted by Crippen LogP contribution is -2.61. The van der Waals surface area contributed by atoms with E-state index in [9.17, 15) is 9.90 Å². The molecule has 0 unspecified atom stereocenters. The molecule has 5 heteroatoms. The van der Waals surface area contributed by atoms with Crippen molar-refractivity contribution in [2.24, 2.45) is 0 Å². The Labute approximate surface area is 98.6 Å². The van der Waals surface area contributed by atoms with E-state index < -0.39 is 5.60 Å². The predicted octanol–water partition coefficient (Wildman–Crippen LogP) is 1.13. The number of hydrogen-bond acceptors (Lipinski definition) is 3. The zero-order valence-electron chi connectivity index (χ0n) is 8.90. The monoisotopic (exact) mass is 240 g/mol. The van der Waals surface area contributed by atoms with Crippen LogP contribution in [0.3, 0.4) is 0 Å². The van der Waals surface area contributed by atoms with E-state index in [2.05, 4.69) is 0 Å². The highest BCUT2D eigenvalue weighted by molar-refractivity contribution is 6.36. The van der Waals surface area contributed by atoms with Crippen molar-refractivity contribution in [3.05, 3.63) is 28.8 Å². The van der Waals surface area contributed by atoms with E-state index >= 15 is 0 Å². The number of aliphatic hydroxyl groups is 1. The number of hydrogen-bond donors (Lipinski definition) is 2. The first kappa shape index (κ1) is 11.2. The highest BCUT2D eigenvalue weighted by Gasteiger charge is 2.40. The fraction of sp³-hybridized carbons (Fsp3) is 0.364. The van der Waals surface area contributed by atoms with Crippen molar-refractivity contribution in [2.45, 2.75) is 12.5 Å². The molecule has 86 valence electrons. The average Bonchev–Trinajstić information content (AvgIpc) is 2.17. The molecule has 0 aliphatic carbocycles. The Morgan fingerprint density at radius 1 is 1.56 bits per heavy atom. The molecule has 4 nitrogen and oxygen atoms in total. The second kappa shape index (κ2) is 3.64. The smallest absolute Gasteiger partial charge is 0.255 e. The second-order valence-electron chi connectivity index (χ2n) is 4.37. The summed E-state index contributed by atoms with van der Waals surface area (Å²) in [4.78, 5) is 13.5. The minimum Gasteiger partial charge on any atom is -0.398 e. The van der Waals surface area contributed by atoms with Gasteiger partial charge in [0.1, 0.15) is 0 Å². The van der Waals surface area contributed by atoms with Gasteiger partial charge in [-0.15, -0.1) is 0 Å². The molecule has 1 heterocycles. The Balaban J connectivity index is 2.20. The summed E-state index contributed by atoms with van der Waals surface area (Å²) >= 11 is 5.95. The molecule has 2 rings (SSSR count). The Morgan fingerprint density at radius 3 is 2.75 bits per heavy atom. The summed E-state index contributed by atoms with van der Waals surface area (Å²) in [7, 11) is 0. The maximum Gasteiger partial charge on any atom is 0.255 e. The highest BCUT2D eigenvalue weighted by atomic mass is 35.5. The molecule has 1 amide bonds. The number of nitrogens with two attached hydrogens (primary N) is 1. The van der Waals surface area contributed by atoms with Crippen LogP contribution in [0.1, 0.15) is 17.3 Å². The normalized spacial score (nSPS) is 18.1. The summed E-state index contributed by atoms with van der Waals surface area (Å²) in [6, 6.07) is 4.96. The van der Waals surface area contributed by atoms with Gasteiger partial charge in [-0.25, -0.2) is 0 Å². The number of benzene rings is 1. The summed E-state index contributed by atoms with van der Waals surface area (Å²) < 4.78 is 0. The number of nitrogen functional groups attached to an aromatic ring is 1. The molecule has 1 aromatic carbocycles. The Hall–Kier alpha value is -1.26. The lowest BCUT2D eigenvalue weighted by Gasteiger charge is -2.44. The molecule has 3 N–H and O–H groups in total. The van der Waals surface area contributed by atoms with Gasteiger partial charge in [-0.1, -0.05) is 17.7 Å². The summed E-state index contributed by atoms with van der Waals surface area (Å²) in [6.07, 6.45) is 0. The Morgan fingerprint density at radius 2 is 2.19 bits per heavy atom. The first-order valence-electron chi connectivity index (χ1n) is 4.96. The minimum absolute atomic E-state index is 0.191. The van der Waals surface area contributed by atoms with Crippen molar-refractivity contribution in [1.82, 2.24) is 4.90 Å². The highest BCUT2D eigenvalue weighted by Crippen LogP contribution is 2.28. The van der Waals surface area contributed by atoms with Crippen molar-refractivity contribution in [3.63, 3.8) is 0 Å². The minimum atomic E-state index is -0.775. The van der Waals surface area contributed by atoms with Crippen molar-refractivity contribution in [3.8, 4) is 0 Å². The molecule has 0 radical (unpaired) electrons. The molecule has 1 fully saturated rings. The van der Waals surface area contributed by atoms with Crippen LogP contribution in [0.25, 0.3) is 0 Å². The number of anilines is 1. The summed E-state index contributed by atoms with van der Waals surface area (Å²) in [5, 5.41) is 9.83. The molecule has 0 saturated carbocycles. The van der Waals surface area contributed by atoms with Crippen LogP contribution in [-0.2, 0) is 0 Å². The predicted molar refractivity (Wildman–Crippen MR) is 62.4 cm³/mol. The van der Waals surface area contributed by atoms with E-state index in [-0.39, 0.29) is 10.9 Å². The molecule has 0 bridgehead atoms. The maximum atomic E-state index is 12.0. The first-order valence-corrected chi connectivity index (χ1v) is 5.34. The first-order chi connectivity index (χ1) is 7.41. The van der Waals surface area contributed by atoms with E-state index in [1.807, 2.05) is 0 Å². The molecule has 1 saturated heterocycles. The van der Waals surface area contributed by atoms with Crippen LogP contribution in [-0.4, -0.2) is 34.6 Å². The molecule has 0 atom stereocenters. The van der Waals surface area contributed by atoms with E-state index in [1.165, 1.54) is 0 Å². The summed E-state index contributed by atoms with van der Waals surface area (Å²) in [6.45, 7) is 2.35. The van der Waals surface area contributed by atoms with Gasteiger partial charge in [-0.05, 0) is 19.1 Å². The van der Waals surface area contributed by atoms with Crippen LogP contribution in [0.2, 0.25) is 5.02 Å². The van der Waals surface area contributed by atoms with Crippen LogP contribution in [0.5, 0.6) is 0 Å². The third kappa shape index (κ3) is 1.86. The van der Waals surface area contributed by atoms with Gasteiger partial charge in [0.05, 0.1) is 35.0 Å². The van der Waals surface area contributed by atoms with Gasteiger partial charge in [0.2, 0.25) is 0 Å². The molecule has 16 heavy (non-hydrogen) atoms. The van der Waals surface area contributed by atoms with Gasteiger partial charge in [0.25, 0.3) is 5.91 Å². The number of rotatable bonds is 1. The number of nitrogens with zero attached hydrogens (tertiary/aromatic N) is 1. The Bertz CT molecular complexity index is 438. The molecule has 0 aromatic heterocycles. The van der Waals surface area contributed by atoms with Crippen molar-refractivity contribution >= 4 is 23.2 Å². The number of carbonyl (C=O) groups is 1. The lowest BCUT2D eigenvalue weighted by atomic mass is 9.96. The number of amides is 1. The SMILES string of the molecule is CC1(O)CN(C(=O)c2cccc(N)c2Cl)C1. The van der Waals surface area contributed by atoms with Gasteiger partial charge in [-0.3, -0.25) is 4.79 Å². The molecule has 0 spiro atoms. The lowest BCUT2D eigenvalue weighted by molar-refractivity contribution is -0.0668. The zero-order chi connectivity index (χ0) is 11.9. The van der Waals surface area contributed by atoms with Crippen LogP contribution in [0, 0.1) is 0 Å². The van der Waals surface area contributed by atoms with Crippen LogP contribution < -0.4 is 5.73 Å².